The summed E-state index contributed by atoms with van der Waals surface area (Å²) in [6.45, 7) is 9.19. The lowest BCUT2D eigenvalue weighted by molar-refractivity contribution is 0.0746. The molecule has 0 bridgehead atoms. The summed E-state index contributed by atoms with van der Waals surface area (Å²) in [5.41, 5.74) is 7.00. The van der Waals surface area contributed by atoms with Crippen molar-refractivity contribution in [3.63, 3.8) is 0 Å². The van der Waals surface area contributed by atoms with Gasteiger partial charge in [-0.1, -0.05) is 12.1 Å². The molecule has 2 aromatic carbocycles. The van der Waals surface area contributed by atoms with E-state index in [2.05, 4.69) is 41.9 Å². The number of nitrogens with one attached hydrogen (secondary N) is 1. The lowest BCUT2D eigenvalue weighted by atomic mass is 10.1. The van der Waals surface area contributed by atoms with Gasteiger partial charge in [-0.2, -0.15) is 0 Å². The van der Waals surface area contributed by atoms with E-state index < -0.39 is 0 Å². The predicted molar refractivity (Wildman–Crippen MR) is 115 cm³/mol. The molecule has 0 aliphatic carbocycles. The Morgan fingerprint density at radius 3 is 2.31 bits per heavy atom. The van der Waals surface area contributed by atoms with Crippen LogP contribution in [0.4, 0.5) is 10.1 Å². The summed E-state index contributed by atoms with van der Waals surface area (Å²) in [4.78, 5) is 20.7. The molecule has 0 saturated carbocycles. The van der Waals surface area contributed by atoms with Gasteiger partial charge in [0.25, 0.3) is 5.91 Å². The van der Waals surface area contributed by atoms with E-state index in [-0.39, 0.29) is 11.7 Å². The Morgan fingerprint density at radius 2 is 1.62 bits per heavy atom. The average Bonchev–Trinajstić information content (AvgIpc) is 3.11. The number of halogens is 1. The molecule has 1 aromatic heterocycles. The molecule has 1 aliphatic heterocycles. The normalized spacial score (nSPS) is 14.3. The lowest BCUT2D eigenvalue weighted by Gasteiger charge is -2.37. The van der Waals surface area contributed by atoms with E-state index >= 15 is 0 Å². The van der Waals surface area contributed by atoms with Crippen molar-refractivity contribution in [2.24, 2.45) is 0 Å². The Morgan fingerprint density at radius 1 is 0.931 bits per heavy atom. The fourth-order valence-electron chi connectivity index (χ4n) is 3.95. The summed E-state index contributed by atoms with van der Waals surface area (Å²) in [7, 11) is 0. The second kappa shape index (κ2) is 7.74. The highest BCUT2D eigenvalue weighted by atomic mass is 19.1. The number of anilines is 1. The Kier molecular flexibility index (Phi) is 5.14. The smallest absolute Gasteiger partial charge is 0.255 e. The Bertz CT molecular complexity index is 1030. The van der Waals surface area contributed by atoms with Crippen LogP contribution in [0.3, 0.4) is 0 Å². The monoisotopic (exact) mass is 391 g/mol. The molecule has 1 saturated heterocycles. The number of benzene rings is 2. The third kappa shape index (κ3) is 3.90. The van der Waals surface area contributed by atoms with Gasteiger partial charge >= 0.3 is 0 Å². The summed E-state index contributed by atoms with van der Waals surface area (Å²) >= 11 is 0. The van der Waals surface area contributed by atoms with Crippen molar-refractivity contribution in [1.29, 1.82) is 0 Å². The quantitative estimate of drug-likeness (QED) is 0.702. The van der Waals surface area contributed by atoms with Crippen LogP contribution in [0.2, 0.25) is 0 Å². The second-order valence-electron chi connectivity index (χ2n) is 7.80. The molecular weight excluding hydrogens is 365 g/mol. The first kappa shape index (κ1) is 19.2. The SMILES string of the molecule is Cc1ccc(C)c(N2CCN(C(=O)c3cc(-c4ccc(F)cc4)[nH]c3C)CC2)c1. The van der Waals surface area contributed by atoms with Crippen molar-refractivity contribution in [2.75, 3.05) is 31.1 Å². The number of aryl methyl sites for hydroxylation is 3. The molecule has 5 heteroatoms. The van der Waals surface area contributed by atoms with Crippen molar-refractivity contribution in [1.82, 2.24) is 9.88 Å². The number of rotatable bonds is 3. The molecule has 150 valence electrons. The third-order valence-corrected chi connectivity index (χ3v) is 5.67. The third-order valence-electron chi connectivity index (χ3n) is 5.67. The summed E-state index contributed by atoms with van der Waals surface area (Å²) in [6, 6.07) is 14.7. The number of nitrogens with zero attached hydrogens (tertiary/aromatic N) is 2. The Balaban J connectivity index is 1.47. The minimum absolute atomic E-state index is 0.0488. The van der Waals surface area contributed by atoms with E-state index in [0.717, 1.165) is 30.0 Å². The topological polar surface area (TPSA) is 39.3 Å². The Hall–Kier alpha value is -3.08. The van der Waals surface area contributed by atoms with Crippen molar-refractivity contribution in [3.05, 3.63) is 76.7 Å². The fourth-order valence-corrected chi connectivity index (χ4v) is 3.95. The maximum Gasteiger partial charge on any atom is 0.255 e. The van der Waals surface area contributed by atoms with Crippen molar-refractivity contribution >= 4 is 11.6 Å². The van der Waals surface area contributed by atoms with E-state index in [1.54, 1.807) is 12.1 Å². The van der Waals surface area contributed by atoms with E-state index in [1.807, 2.05) is 17.9 Å². The van der Waals surface area contributed by atoms with Crippen LogP contribution in [-0.4, -0.2) is 42.0 Å². The van der Waals surface area contributed by atoms with Gasteiger partial charge in [-0.15, -0.1) is 0 Å². The first-order valence-electron chi connectivity index (χ1n) is 9.99. The highest BCUT2D eigenvalue weighted by molar-refractivity contribution is 5.97. The number of aromatic nitrogens is 1. The highest BCUT2D eigenvalue weighted by Gasteiger charge is 2.25. The summed E-state index contributed by atoms with van der Waals surface area (Å²) in [6.07, 6.45) is 0. The van der Waals surface area contributed by atoms with Gasteiger partial charge in [0.05, 0.1) is 5.56 Å². The molecule has 4 rings (SSSR count). The van der Waals surface area contributed by atoms with Crippen LogP contribution in [-0.2, 0) is 0 Å². The number of carbonyl (C=O) groups excluding carboxylic acids is 1. The standard InChI is InChI=1S/C24H26FN3O/c1-16-4-5-17(2)23(14-16)27-10-12-28(13-11-27)24(29)21-15-22(26-18(21)3)19-6-8-20(25)9-7-19/h4-9,14-15,26H,10-13H2,1-3H3. The van der Waals surface area contributed by atoms with Crippen LogP contribution >= 0.6 is 0 Å². The predicted octanol–water partition coefficient (Wildman–Crippen LogP) is 4.71. The molecule has 3 aromatic rings. The molecule has 0 radical (unpaired) electrons. The summed E-state index contributed by atoms with van der Waals surface area (Å²) in [5.74, 6) is -0.220. The fraction of sp³-hybridized carbons (Fsp3) is 0.292. The zero-order valence-electron chi connectivity index (χ0n) is 17.1. The van der Waals surface area contributed by atoms with Gasteiger partial charge < -0.3 is 14.8 Å². The molecule has 1 aliphatic rings. The average molecular weight is 391 g/mol. The second-order valence-corrected chi connectivity index (χ2v) is 7.80. The maximum absolute atomic E-state index is 13.2. The van der Waals surface area contributed by atoms with Gasteiger partial charge in [0.1, 0.15) is 5.82 Å². The number of carbonyl (C=O) groups is 1. The van der Waals surface area contributed by atoms with Crippen molar-refractivity contribution in [3.8, 4) is 11.3 Å². The number of H-pyrrole nitrogens is 1. The zero-order valence-corrected chi connectivity index (χ0v) is 17.1. The molecular formula is C24H26FN3O. The van der Waals surface area contributed by atoms with Crippen LogP contribution in [0, 0.1) is 26.6 Å². The molecule has 1 N–H and O–H groups in total. The van der Waals surface area contributed by atoms with E-state index in [9.17, 15) is 9.18 Å². The molecule has 0 spiro atoms. The van der Waals surface area contributed by atoms with Crippen LogP contribution < -0.4 is 4.90 Å². The first-order chi connectivity index (χ1) is 13.9. The van der Waals surface area contributed by atoms with Crippen LogP contribution in [0.15, 0.2) is 48.5 Å². The van der Waals surface area contributed by atoms with Crippen molar-refractivity contribution < 1.29 is 9.18 Å². The molecule has 0 unspecified atom stereocenters. The maximum atomic E-state index is 13.2. The highest BCUT2D eigenvalue weighted by Crippen LogP contribution is 2.25. The van der Waals surface area contributed by atoms with Crippen LogP contribution in [0.5, 0.6) is 0 Å². The molecule has 4 nitrogen and oxygen atoms in total. The van der Waals surface area contributed by atoms with Gasteiger partial charge in [-0.25, -0.2) is 4.39 Å². The minimum Gasteiger partial charge on any atom is -0.368 e. The number of amides is 1. The molecule has 29 heavy (non-hydrogen) atoms. The van der Waals surface area contributed by atoms with Crippen molar-refractivity contribution in [2.45, 2.75) is 20.8 Å². The molecule has 1 fully saturated rings. The zero-order chi connectivity index (χ0) is 20.5. The largest absolute Gasteiger partial charge is 0.368 e. The van der Waals surface area contributed by atoms with E-state index in [1.165, 1.54) is 28.9 Å². The van der Waals surface area contributed by atoms with E-state index in [4.69, 9.17) is 0 Å². The van der Waals surface area contributed by atoms with Crippen LogP contribution in [0.1, 0.15) is 27.2 Å². The number of hydrogen-bond donors (Lipinski definition) is 1. The number of aromatic amines is 1. The van der Waals surface area contributed by atoms with Gasteiger partial charge in [0.15, 0.2) is 0 Å². The minimum atomic E-state index is -0.268. The van der Waals surface area contributed by atoms with E-state index in [0.29, 0.717) is 18.7 Å². The van der Waals surface area contributed by atoms with Gasteiger partial charge in [-0.05, 0) is 73.9 Å². The first-order valence-corrected chi connectivity index (χ1v) is 9.99. The number of hydrogen-bond acceptors (Lipinski definition) is 2. The Labute approximate surface area is 171 Å². The van der Waals surface area contributed by atoms with Gasteiger partial charge in [-0.3, -0.25) is 4.79 Å². The van der Waals surface area contributed by atoms with Crippen LogP contribution in [0.25, 0.3) is 11.3 Å². The summed E-state index contributed by atoms with van der Waals surface area (Å²) < 4.78 is 13.2. The lowest BCUT2D eigenvalue weighted by Crippen LogP contribution is -2.49. The number of piperazine rings is 1. The molecule has 2 heterocycles. The molecule has 0 atom stereocenters. The molecule has 1 amide bonds. The summed E-state index contributed by atoms with van der Waals surface area (Å²) in [5, 5.41) is 0. The van der Waals surface area contributed by atoms with Gasteiger partial charge in [0, 0.05) is 43.3 Å². The van der Waals surface area contributed by atoms with Gasteiger partial charge in [0.2, 0.25) is 0 Å².